The third-order valence-electron chi connectivity index (χ3n) is 3.84. The van der Waals surface area contributed by atoms with E-state index in [1.165, 1.54) is 0 Å². The number of aliphatic carboxylic acids is 1. The molecule has 1 aliphatic carbocycles. The van der Waals surface area contributed by atoms with Crippen LogP contribution in [-0.4, -0.2) is 41.1 Å². The van der Waals surface area contributed by atoms with Crippen LogP contribution >= 0.6 is 0 Å². The Hall–Kier alpha value is -1.26. The molecule has 5 nitrogen and oxygen atoms in total. The number of carbonyl (C=O) groups excluding carboxylic acids is 1. The van der Waals surface area contributed by atoms with Crippen molar-refractivity contribution in [3.8, 4) is 0 Å². The molecule has 0 heterocycles. The van der Waals surface area contributed by atoms with Gasteiger partial charge in [0.15, 0.2) is 0 Å². The van der Waals surface area contributed by atoms with E-state index in [1.807, 2.05) is 6.92 Å². The van der Waals surface area contributed by atoms with Crippen LogP contribution in [0.1, 0.15) is 52.4 Å². The standard InChI is InChI=1S/C14H26N2O3/c1-3-5-10-16(4-2)14(19)15-12-9-7-6-8-11(12)13(17)18/h11-12H,3-10H2,1-2H3,(H,15,19)(H,17,18). The van der Waals surface area contributed by atoms with Crippen molar-refractivity contribution in [3.63, 3.8) is 0 Å². The summed E-state index contributed by atoms with van der Waals surface area (Å²) in [5.74, 6) is -1.22. The van der Waals surface area contributed by atoms with Crippen molar-refractivity contribution < 1.29 is 14.7 Å². The highest BCUT2D eigenvalue weighted by Gasteiger charge is 2.32. The molecule has 1 fully saturated rings. The van der Waals surface area contributed by atoms with Crippen molar-refractivity contribution in [2.24, 2.45) is 5.92 Å². The summed E-state index contributed by atoms with van der Waals surface area (Å²) in [6, 6.07) is -0.330. The maximum Gasteiger partial charge on any atom is 0.317 e. The lowest BCUT2D eigenvalue weighted by molar-refractivity contribution is -0.143. The van der Waals surface area contributed by atoms with Gasteiger partial charge in [-0.05, 0) is 26.2 Å². The van der Waals surface area contributed by atoms with Crippen molar-refractivity contribution in [2.45, 2.75) is 58.4 Å². The third kappa shape index (κ3) is 4.73. The van der Waals surface area contributed by atoms with Crippen molar-refractivity contribution in [2.75, 3.05) is 13.1 Å². The Balaban J connectivity index is 2.54. The van der Waals surface area contributed by atoms with E-state index in [9.17, 15) is 14.7 Å². The minimum absolute atomic E-state index is 0.117. The molecule has 1 saturated carbocycles. The highest BCUT2D eigenvalue weighted by atomic mass is 16.4. The molecule has 1 aliphatic rings. The van der Waals surface area contributed by atoms with Gasteiger partial charge in [-0.3, -0.25) is 4.79 Å². The Morgan fingerprint density at radius 2 is 1.95 bits per heavy atom. The Morgan fingerprint density at radius 3 is 2.53 bits per heavy atom. The summed E-state index contributed by atoms with van der Waals surface area (Å²) < 4.78 is 0. The summed E-state index contributed by atoms with van der Waals surface area (Å²) in [7, 11) is 0. The topological polar surface area (TPSA) is 69.6 Å². The molecule has 0 aromatic heterocycles. The van der Waals surface area contributed by atoms with Crippen LogP contribution in [0.4, 0.5) is 4.79 Å². The fourth-order valence-electron chi connectivity index (χ4n) is 2.60. The summed E-state index contributed by atoms with van der Waals surface area (Å²) in [5.41, 5.74) is 0. The molecule has 0 aliphatic heterocycles. The first-order valence-corrected chi connectivity index (χ1v) is 7.38. The SMILES string of the molecule is CCCCN(CC)C(=O)NC1CCCCC1C(=O)O. The molecule has 0 spiro atoms. The number of amides is 2. The number of carboxylic acid groups (broad SMARTS) is 1. The van der Waals surface area contributed by atoms with E-state index in [4.69, 9.17) is 0 Å². The quantitative estimate of drug-likeness (QED) is 0.779. The Labute approximate surface area is 115 Å². The number of carbonyl (C=O) groups is 2. The van der Waals surface area contributed by atoms with Crippen molar-refractivity contribution in [1.29, 1.82) is 0 Å². The Kier molecular flexibility index (Phi) is 6.67. The highest BCUT2D eigenvalue weighted by molar-refractivity contribution is 5.77. The van der Waals surface area contributed by atoms with Crippen LogP contribution in [0.5, 0.6) is 0 Å². The van der Waals surface area contributed by atoms with Gasteiger partial charge in [0, 0.05) is 19.1 Å². The van der Waals surface area contributed by atoms with Gasteiger partial charge in [-0.15, -0.1) is 0 Å². The number of hydrogen-bond acceptors (Lipinski definition) is 2. The zero-order chi connectivity index (χ0) is 14.3. The molecule has 0 saturated heterocycles. The van der Waals surface area contributed by atoms with E-state index in [1.54, 1.807) is 4.90 Å². The molecule has 110 valence electrons. The van der Waals surface area contributed by atoms with Gasteiger partial charge in [0.05, 0.1) is 5.92 Å². The van der Waals surface area contributed by atoms with E-state index in [0.717, 1.165) is 38.6 Å². The van der Waals surface area contributed by atoms with Gasteiger partial charge in [0.25, 0.3) is 0 Å². The van der Waals surface area contributed by atoms with Crippen LogP contribution in [0.3, 0.4) is 0 Å². The molecule has 0 aromatic carbocycles. The predicted octanol–water partition coefficient (Wildman–Crippen LogP) is 2.46. The molecule has 1 rings (SSSR count). The van der Waals surface area contributed by atoms with Gasteiger partial charge in [0.1, 0.15) is 0 Å². The molecule has 5 heteroatoms. The molecular weight excluding hydrogens is 244 g/mol. The van der Waals surface area contributed by atoms with Gasteiger partial charge >= 0.3 is 12.0 Å². The van der Waals surface area contributed by atoms with Crippen LogP contribution in [0.15, 0.2) is 0 Å². The largest absolute Gasteiger partial charge is 0.481 e. The first-order valence-electron chi connectivity index (χ1n) is 7.38. The Bertz CT molecular complexity index is 307. The smallest absolute Gasteiger partial charge is 0.317 e. The van der Waals surface area contributed by atoms with E-state index >= 15 is 0 Å². The maximum absolute atomic E-state index is 12.1. The van der Waals surface area contributed by atoms with Crippen LogP contribution in [0, 0.1) is 5.92 Å². The summed E-state index contributed by atoms with van der Waals surface area (Å²) >= 11 is 0. The van der Waals surface area contributed by atoms with Gasteiger partial charge in [-0.25, -0.2) is 4.79 Å². The zero-order valence-corrected chi connectivity index (χ0v) is 12.0. The van der Waals surface area contributed by atoms with Crippen molar-refractivity contribution in [1.82, 2.24) is 10.2 Å². The fraction of sp³-hybridized carbons (Fsp3) is 0.857. The lowest BCUT2D eigenvalue weighted by Crippen LogP contribution is -2.50. The predicted molar refractivity (Wildman–Crippen MR) is 74.1 cm³/mol. The second kappa shape index (κ2) is 8.02. The molecule has 0 radical (unpaired) electrons. The first-order chi connectivity index (χ1) is 9.10. The zero-order valence-electron chi connectivity index (χ0n) is 12.0. The minimum Gasteiger partial charge on any atom is -0.481 e. The van der Waals surface area contributed by atoms with E-state index in [2.05, 4.69) is 12.2 Å². The number of unbranched alkanes of at least 4 members (excludes halogenated alkanes) is 1. The number of rotatable bonds is 6. The van der Waals surface area contributed by atoms with E-state index < -0.39 is 11.9 Å². The molecule has 2 amide bonds. The van der Waals surface area contributed by atoms with Crippen LogP contribution in [0.25, 0.3) is 0 Å². The van der Waals surface area contributed by atoms with Gasteiger partial charge in [0.2, 0.25) is 0 Å². The number of nitrogens with one attached hydrogen (secondary N) is 1. The summed E-state index contributed by atoms with van der Waals surface area (Å²) in [4.78, 5) is 25.1. The molecule has 2 atom stereocenters. The Morgan fingerprint density at radius 1 is 1.26 bits per heavy atom. The lowest BCUT2D eigenvalue weighted by Gasteiger charge is -2.31. The second-order valence-electron chi connectivity index (χ2n) is 5.22. The minimum atomic E-state index is -0.790. The average Bonchev–Trinajstić information content (AvgIpc) is 2.40. The van der Waals surface area contributed by atoms with Crippen molar-refractivity contribution >= 4 is 12.0 Å². The monoisotopic (exact) mass is 270 g/mol. The summed E-state index contributed by atoms with van der Waals surface area (Å²) in [5, 5.41) is 12.1. The summed E-state index contributed by atoms with van der Waals surface area (Å²) in [6.07, 6.45) is 5.40. The average molecular weight is 270 g/mol. The van der Waals surface area contributed by atoms with E-state index in [0.29, 0.717) is 13.0 Å². The molecule has 0 aromatic rings. The van der Waals surface area contributed by atoms with Crippen LogP contribution in [0.2, 0.25) is 0 Å². The number of urea groups is 1. The van der Waals surface area contributed by atoms with Gasteiger partial charge < -0.3 is 15.3 Å². The summed E-state index contributed by atoms with van der Waals surface area (Å²) in [6.45, 7) is 5.44. The van der Waals surface area contributed by atoms with Crippen LogP contribution in [-0.2, 0) is 4.79 Å². The number of carboxylic acids is 1. The second-order valence-corrected chi connectivity index (χ2v) is 5.22. The molecule has 19 heavy (non-hydrogen) atoms. The molecule has 2 N–H and O–H groups in total. The van der Waals surface area contributed by atoms with Crippen molar-refractivity contribution in [3.05, 3.63) is 0 Å². The maximum atomic E-state index is 12.1. The normalized spacial score (nSPS) is 22.8. The third-order valence-corrected chi connectivity index (χ3v) is 3.84. The van der Waals surface area contributed by atoms with Gasteiger partial charge in [-0.2, -0.15) is 0 Å². The lowest BCUT2D eigenvalue weighted by atomic mass is 9.84. The fourth-order valence-corrected chi connectivity index (χ4v) is 2.60. The van der Waals surface area contributed by atoms with Crippen LogP contribution < -0.4 is 5.32 Å². The number of hydrogen-bond donors (Lipinski definition) is 2. The van der Waals surface area contributed by atoms with E-state index in [-0.39, 0.29) is 12.1 Å². The van der Waals surface area contributed by atoms with Gasteiger partial charge in [-0.1, -0.05) is 26.2 Å². The molecular formula is C14H26N2O3. The molecule has 2 unspecified atom stereocenters. The number of nitrogens with zero attached hydrogens (tertiary/aromatic N) is 1. The first kappa shape index (κ1) is 15.8. The molecule has 0 bridgehead atoms. The highest BCUT2D eigenvalue weighted by Crippen LogP contribution is 2.24.